The second-order valence-electron chi connectivity index (χ2n) is 7.25. The minimum Gasteiger partial charge on any atom is -0.245 e. The molecule has 2 heterocycles. The fraction of sp³-hybridized carbons (Fsp3) is 0.125. The second-order valence-corrected chi connectivity index (χ2v) is 8.80. The summed E-state index contributed by atoms with van der Waals surface area (Å²) in [5, 5.41) is 0.166. The first-order valence-corrected chi connectivity index (χ1v) is 10.9. The molecule has 0 bridgehead atoms. The van der Waals surface area contributed by atoms with Crippen LogP contribution in [-0.4, -0.2) is 32.4 Å². The molecule has 6 heteroatoms. The summed E-state index contributed by atoms with van der Waals surface area (Å²) in [5.41, 5.74) is 3.47. The zero-order valence-corrected chi connectivity index (χ0v) is 17.6. The molecule has 3 amide bonds. The van der Waals surface area contributed by atoms with E-state index in [1.807, 2.05) is 78.9 Å². The minimum absolute atomic E-state index is 0.171. The number of hydrogen-bond donors (Lipinski definition) is 0. The summed E-state index contributed by atoms with van der Waals surface area (Å²) >= 11 is 7.90. The molecule has 0 radical (unpaired) electrons. The first-order valence-electron chi connectivity index (χ1n) is 9.66. The van der Waals surface area contributed by atoms with Crippen molar-refractivity contribution in [2.24, 2.45) is 0 Å². The van der Waals surface area contributed by atoms with E-state index in [9.17, 15) is 9.59 Å². The summed E-state index contributed by atoms with van der Waals surface area (Å²) in [4.78, 5) is 29.3. The van der Waals surface area contributed by atoms with Gasteiger partial charge in [-0.05, 0) is 23.8 Å². The predicted octanol–water partition coefficient (Wildman–Crippen LogP) is 4.98. The molecule has 0 aromatic heterocycles. The van der Waals surface area contributed by atoms with Crippen LogP contribution in [0.5, 0.6) is 0 Å². The van der Waals surface area contributed by atoms with Crippen molar-refractivity contribution in [3.05, 3.63) is 101 Å². The maximum absolute atomic E-state index is 13.6. The number of thioether (sulfide) groups is 1. The van der Waals surface area contributed by atoms with Gasteiger partial charge in [0, 0.05) is 21.0 Å². The molecule has 2 aliphatic rings. The van der Waals surface area contributed by atoms with Gasteiger partial charge in [0.15, 0.2) is 5.25 Å². The highest BCUT2D eigenvalue weighted by atomic mass is 35.5. The van der Waals surface area contributed by atoms with Crippen molar-refractivity contribution >= 4 is 41.0 Å². The third-order valence-electron chi connectivity index (χ3n) is 5.37. The summed E-state index contributed by atoms with van der Waals surface area (Å²) in [6, 6.07) is 24.6. The number of urea groups is 1. The lowest BCUT2D eigenvalue weighted by molar-refractivity contribution is -0.455. The summed E-state index contributed by atoms with van der Waals surface area (Å²) < 4.78 is 1.72. The summed E-state index contributed by atoms with van der Waals surface area (Å²) in [6.07, 6.45) is 0. The highest BCUT2D eigenvalue weighted by molar-refractivity contribution is 8.02. The summed E-state index contributed by atoms with van der Waals surface area (Å²) in [7, 11) is 0. The molecule has 3 aromatic carbocycles. The van der Waals surface area contributed by atoms with Crippen molar-refractivity contribution in [1.82, 2.24) is 4.90 Å². The number of benzene rings is 3. The Kier molecular flexibility index (Phi) is 4.93. The Hall–Kier alpha value is -2.89. The number of hydrogen-bond acceptors (Lipinski definition) is 3. The lowest BCUT2D eigenvalue weighted by atomic mass is 10.0. The van der Waals surface area contributed by atoms with Gasteiger partial charge >= 0.3 is 11.9 Å². The van der Waals surface area contributed by atoms with E-state index >= 15 is 0 Å². The first kappa shape index (κ1) is 19.1. The lowest BCUT2D eigenvalue weighted by Gasteiger charge is -2.25. The number of halogens is 1. The molecule has 0 fully saturated rings. The van der Waals surface area contributed by atoms with Crippen LogP contribution in [0.1, 0.15) is 16.7 Å². The Morgan fingerprint density at radius 1 is 0.900 bits per heavy atom. The molecule has 0 saturated heterocycles. The van der Waals surface area contributed by atoms with E-state index in [4.69, 9.17) is 11.6 Å². The zero-order valence-electron chi connectivity index (χ0n) is 16.0. The third-order valence-corrected chi connectivity index (χ3v) is 7.01. The average Bonchev–Trinajstić information content (AvgIpc) is 3.16. The molecule has 30 heavy (non-hydrogen) atoms. The van der Waals surface area contributed by atoms with E-state index in [1.165, 1.54) is 16.7 Å². The normalized spacial score (nSPS) is 17.9. The van der Waals surface area contributed by atoms with Crippen LogP contribution in [0.15, 0.2) is 83.8 Å². The SMILES string of the molecule is O=C1C2Sc3ccccc3C2=[N+](Cc2ccccc2Cl)C(=O)N1Cc1ccccc1. The molecule has 0 spiro atoms. The standard InChI is InChI=1S/C24H18ClN2O2S/c25-19-12-6-4-10-17(19)15-26-21-18-11-5-7-13-20(18)30-22(21)23(28)27(24(26)29)14-16-8-2-1-3-9-16/h1-13,22H,14-15H2/q+1. The van der Waals surface area contributed by atoms with Crippen molar-refractivity contribution in [3.63, 3.8) is 0 Å². The van der Waals surface area contributed by atoms with Crippen molar-refractivity contribution in [1.29, 1.82) is 0 Å². The Morgan fingerprint density at radius 2 is 1.60 bits per heavy atom. The Morgan fingerprint density at radius 3 is 2.40 bits per heavy atom. The molecule has 3 aromatic rings. The number of rotatable bonds is 4. The molecule has 0 N–H and O–H groups in total. The Balaban J connectivity index is 1.62. The van der Waals surface area contributed by atoms with Crippen LogP contribution in [0, 0.1) is 0 Å². The van der Waals surface area contributed by atoms with E-state index in [0.29, 0.717) is 11.6 Å². The van der Waals surface area contributed by atoms with Crippen LogP contribution in [-0.2, 0) is 17.9 Å². The number of fused-ring (bicyclic) bond motifs is 3. The largest absolute Gasteiger partial charge is 0.501 e. The maximum Gasteiger partial charge on any atom is 0.501 e. The van der Waals surface area contributed by atoms with Gasteiger partial charge in [-0.2, -0.15) is 14.3 Å². The molecule has 1 atom stereocenters. The zero-order chi connectivity index (χ0) is 20.7. The number of amides is 3. The van der Waals surface area contributed by atoms with Gasteiger partial charge in [0.05, 0.1) is 0 Å². The van der Waals surface area contributed by atoms with Gasteiger partial charge in [0.2, 0.25) is 0 Å². The Bertz CT molecular complexity index is 1190. The van der Waals surface area contributed by atoms with Gasteiger partial charge in [-0.3, -0.25) is 0 Å². The highest BCUT2D eigenvalue weighted by Gasteiger charge is 2.52. The molecular formula is C24H18ClN2O2S+. The van der Waals surface area contributed by atoms with Crippen LogP contribution in [0.3, 0.4) is 0 Å². The number of carbonyl (C=O) groups is 2. The van der Waals surface area contributed by atoms with Crippen LogP contribution < -0.4 is 0 Å². The van der Waals surface area contributed by atoms with Crippen LogP contribution in [0.25, 0.3) is 0 Å². The lowest BCUT2D eigenvalue weighted by Crippen LogP contribution is -2.54. The first-order chi connectivity index (χ1) is 14.6. The fourth-order valence-electron chi connectivity index (χ4n) is 3.91. The van der Waals surface area contributed by atoms with E-state index in [1.54, 1.807) is 4.58 Å². The van der Waals surface area contributed by atoms with E-state index < -0.39 is 5.25 Å². The van der Waals surface area contributed by atoms with Gasteiger partial charge in [-0.1, -0.05) is 72.3 Å². The molecule has 1 unspecified atom stereocenters. The molecule has 0 saturated carbocycles. The van der Waals surface area contributed by atoms with Gasteiger partial charge in [-0.25, -0.2) is 4.79 Å². The minimum atomic E-state index is -0.439. The molecule has 4 nitrogen and oxygen atoms in total. The maximum atomic E-state index is 13.6. The highest BCUT2D eigenvalue weighted by Crippen LogP contribution is 2.40. The van der Waals surface area contributed by atoms with Crippen LogP contribution >= 0.6 is 23.4 Å². The van der Waals surface area contributed by atoms with E-state index in [2.05, 4.69) is 0 Å². The molecule has 2 aliphatic heterocycles. The van der Waals surface area contributed by atoms with Crippen LogP contribution in [0.2, 0.25) is 5.02 Å². The molecule has 0 aliphatic carbocycles. The fourth-order valence-corrected chi connectivity index (χ4v) is 5.41. The quantitative estimate of drug-likeness (QED) is 0.545. The average molecular weight is 434 g/mol. The Labute approximate surface area is 183 Å². The van der Waals surface area contributed by atoms with Gasteiger partial charge in [0.1, 0.15) is 18.8 Å². The predicted molar refractivity (Wildman–Crippen MR) is 118 cm³/mol. The number of nitrogens with zero attached hydrogens (tertiary/aromatic N) is 2. The van der Waals surface area contributed by atoms with Crippen molar-refractivity contribution in [2.75, 3.05) is 0 Å². The second kappa shape index (κ2) is 7.74. The van der Waals surface area contributed by atoms with Crippen molar-refractivity contribution < 1.29 is 14.2 Å². The van der Waals surface area contributed by atoms with Crippen molar-refractivity contribution in [2.45, 2.75) is 23.2 Å². The third kappa shape index (κ3) is 3.24. The van der Waals surface area contributed by atoms with E-state index in [0.717, 1.165) is 27.3 Å². The van der Waals surface area contributed by atoms with Gasteiger partial charge in [-0.15, -0.1) is 11.8 Å². The number of carbonyl (C=O) groups excluding carboxylic acids is 2. The van der Waals surface area contributed by atoms with E-state index in [-0.39, 0.29) is 18.5 Å². The molecule has 5 rings (SSSR count). The van der Waals surface area contributed by atoms with Gasteiger partial charge in [0.25, 0.3) is 0 Å². The van der Waals surface area contributed by atoms with Crippen molar-refractivity contribution in [3.8, 4) is 0 Å². The number of imide groups is 1. The topological polar surface area (TPSA) is 40.4 Å². The summed E-state index contributed by atoms with van der Waals surface area (Å²) in [6.45, 7) is 0.565. The smallest absolute Gasteiger partial charge is 0.245 e. The van der Waals surface area contributed by atoms with Gasteiger partial charge < -0.3 is 0 Å². The molecular weight excluding hydrogens is 416 g/mol. The summed E-state index contributed by atoms with van der Waals surface area (Å²) in [5.74, 6) is -0.171. The van der Waals surface area contributed by atoms with Crippen LogP contribution in [0.4, 0.5) is 4.79 Å². The monoisotopic (exact) mass is 433 g/mol. The molecule has 148 valence electrons.